The van der Waals surface area contributed by atoms with Gasteiger partial charge < -0.3 is 4.42 Å². The van der Waals surface area contributed by atoms with E-state index in [0.717, 1.165) is 36.4 Å². The Morgan fingerprint density at radius 2 is 2.12 bits per heavy atom. The normalized spacial score (nSPS) is 22.7. The molecular formula is C14H18O2. The smallest absolute Gasteiger partial charge is 0.164 e. The number of furan rings is 1. The minimum atomic E-state index is -0.203. The predicted molar refractivity (Wildman–Crippen MR) is 64.1 cm³/mol. The minimum absolute atomic E-state index is 0.203. The molecule has 1 heterocycles. The van der Waals surface area contributed by atoms with Crippen LogP contribution in [0.3, 0.4) is 0 Å². The Labute approximate surface area is 96.3 Å². The van der Waals surface area contributed by atoms with Crippen molar-refractivity contribution in [3.63, 3.8) is 0 Å². The molecule has 1 aromatic heterocycles. The number of hydrogen-bond donors (Lipinski definition) is 0. The number of rotatable bonds is 1. The van der Waals surface area contributed by atoms with E-state index in [9.17, 15) is 4.79 Å². The third-order valence-corrected chi connectivity index (χ3v) is 3.23. The van der Waals surface area contributed by atoms with Crippen LogP contribution in [0.4, 0.5) is 0 Å². The lowest BCUT2D eigenvalue weighted by Crippen LogP contribution is -2.29. The highest BCUT2D eigenvalue weighted by Crippen LogP contribution is 2.35. The molecule has 0 saturated heterocycles. The summed E-state index contributed by atoms with van der Waals surface area (Å²) in [5.41, 5.74) is 0.705. The summed E-state index contributed by atoms with van der Waals surface area (Å²) in [6.07, 6.45) is 4.85. The second-order valence-electron chi connectivity index (χ2n) is 5.18. The highest BCUT2D eigenvalue weighted by molar-refractivity contribution is 6.03. The molecule has 1 aromatic rings. The fourth-order valence-corrected chi connectivity index (χ4v) is 2.22. The Morgan fingerprint density at radius 3 is 2.75 bits per heavy atom. The lowest BCUT2D eigenvalue weighted by molar-refractivity contribution is -0.124. The lowest BCUT2D eigenvalue weighted by Gasteiger charge is -2.29. The molecule has 0 aromatic carbocycles. The molecule has 2 heteroatoms. The van der Waals surface area contributed by atoms with Gasteiger partial charge in [-0.3, -0.25) is 4.79 Å². The Morgan fingerprint density at radius 1 is 1.38 bits per heavy atom. The topological polar surface area (TPSA) is 30.2 Å². The van der Waals surface area contributed by atoms with E-state index in [1.807, 2.05) is 39.0 Å². The van der Waals surface area contributed by atoms with Crippen LogP contribution in [0.2, 0.25) is 0 Å². The fourth-order valence-electron chi connectivity index (χ4n) is 2.22. The maximum absolute atomic E-state index is 12.1. The first-order valence-corrected chi connectivity index (χ1v) is 5.81. The van der Waals surface area contributed by atoms with Gasteiger partial charge in [0.2, 0.25) is 0 Å². The average Bonchev–Trinajstić information content (AvgIpc) is 2.59. The minimum Gasteiger partial charge on any atom is -0.462 e. The largest absolute Gasteiger partial charge is 0.462 e. The van der Waals surface area contributed by atoms with Crippen molar-refractivity contribution in [2.45, 2.75) is 40.0 Å². The first-order chi connectivity index (χ1) is 7.49. The second kappa shape index (κ2) is 3.93. The average molecular weight is 218 g/mol. The van der Waals surface area contributed by atoms with Gasteiger partial charge in [-0.15, -0.1) is 0 Å². The molecule has 1 saturated carbocycles. The summed E-state index contributed by atoms with van der Waals surface area (Å²) >= 11 is 0. The first kappa shape index (κ1) is 11.2. The Kier molecular flexibility index (Phi) is 2.75. The van der Waals surface area contributed by atoms with Crippen LogP contribution in [0.5, 0.6) is 0 Å². The molecule has 2 nitrogen and oxygen atoms in total. The number of Topliss-reactive ketones (excluding diaryl/α,β-unsaturated/α-hetero) is 1. The van der Waals surface area contributed by atoms with Gasteiger partial charge in [0.25, 0.3) is 0 Å². The highest BCUT2D eigenvalue weighted by Gasteiger charge is 2.33. The molecule has 0 radical (unpaired) electrons. The van der Waals surface area contributed by atoms with Crippen LogP contribution in [-0.2, 0) is 4.79 Å². The number of aryl methyl sites for hydroxylation is 1. The van der Waals surface area contributed by atoms with Crippen LogP contribution in [0.25, 0.3) is 6.08 Å². The third kappa shape index (κ3) is 2.11. The number of carbonyl (C=O) groups excluding carboxylic acids is 1. The van der Waals surface area contributed by atoms with Crippen molar-refractivity contribution in [2.75, 3.05) is 0 Å². The summed E-state index contributed by atoms with van der Waals surface area (Å²) in [5, 5.41) is 0. The summed E-state index contributed by atoms with van der Waals surface area (Å²) in [6.45, 7) is 5.96. The van der Waals surface area contributed by atoms with E-state index in [-0.39, 0.29) is 11.2 Å². The molecule has 0 spiro atoms. The molecule has 0 aliphatic heterocycles. The van der Waals surface area contributed by atoms with Crippen molar-refractivity contribution in [1.29, 1.82) is 0 Å². The second-order valence-corrected chi connectivity index (χ2v) is 5.18. The zero-order valence-electron chi connectivity index (χ0n) is 10.2. The van der Waals surface area contributed by atoms with Crippen molar-refractivity contribution >= 4 is 11.9 Å². The van der Waals surface area contributed by atoms with Crippen molar-refractivity contribution in [1.82, 2.24) is 0 Å². The Hall–Kier alpha value is -1.31. The van der Waals surface area contributed by atoms with E-state index in [1.165, 1.54) is 0 Å². The Balaban J connectivity index is 2.27. The predicted octanol–water partition coefficient (Wildman–Crippen LogP) is 3.75. The van der Waals surface area contributed by atoms with E-state index < -0.39 is 0 Å². The van der Waals surface area contributed by atoms with Gasteiger partial charge >= 0.3 is 0 Å². The molecule has 0 atom stereocenters. The molecule has 0 unspecified atom stereocenters. The van der Waals surface area contributed by atoms with Crippen molar-refractivity contribution in [2.24, 2.45) is 5.41 Å². The van der Waals surface area contributed by atoms with E-state index in [4.69, 9.17) is 4.42 Å². The maximum Gasteiger partial charge on any atom is 0.164 e. The fraction of sp³-hybridized carbons (Fsp3) is 0.500. The zero-order valence-corrected chi connectivity index (χ0v) is 10.2. The molecule has 1 fully saturated rings. The van der Waals surface area contributed by atoms with Gasteiger partial charge in [0, 0.05) is 5.41 Å². The van der Waals surface area contributed by atoms with Crippen LogP contribution < -0.4 is 0 Å². The Bertz CT molecular complexity index is 435. The highest BCUT2D eigenvalue weighted by atomic mass is 16.3. The van der Waals surface area contributed by atoms with E-state index >= 15 is 0 Å². The van der Waals surface area contributed by atoms with Crippen molar-refractivity contribution in [3.8, 4) is 0 Å². The summed E-state index contributed by atoms with van der Waals surface area (Å²) in [6, 6.07) is 3.84. The number of ketones is 1. The van der Waals surface area contributed by atoms with Crippen molar-refractivity contribution < 1.29 is 9.21 Å². The van der Waals surface area contributed by atoms with Gasteiger partial charge in [-0.25, -0.2) is 0 Å². The first-order valence-electron chi connectivity index (χ1n) is 5.81. The van der Waals surface area contributed by atoms with Gasteiger partial charge in [0.1, 0.15) is 11.5 Å². The van der Waals surface area contributed by atoms with Crippen LogP contribution >= 0.6 is 0 Å². The van der Waals surface area contributed by atoms with Crippen molar-refractivity contribution in [3.05, 3.63) is 29.2 Å². The molecule has 0 amide bonds. The number of carbonyl (C=O) groups is 1. The van der Waals surface area contributed by atoms with E-state index in [0.29, 0.717) is 0 Å². The van der Waals surface area contributed by atoms with E-state index in [2.05, 4.69) is 0 Å². The SMILES string of the molecule is Cc1ccc(/C=C2\CCCC(C)(C)C2=O)o1. The van der Waals surface area contributed by atoms with Crippen LogP contribution in [0.1, 0.15) is 44.6 Å². The van der Waals surface area contributed by atoms with Gasteiger partial charge in [0.05, 0.1) is 0 Å². The van der Waals surface area contributed by atoms with Crippen LogP contribution in [0.15, 0.2) is 22.1 Å². The molecule has 2 rings (SSSR count). The van der Waals surface area contributed by atoms with Gasteiger partial charge in [-0.05, 0) is 50.0 Å². The van der Waals surface area contributed by atoms with Gasteiger partial charge in [-0.1, -0.05) is 13.8 Å². The standard InChI is InChI=1S/C14H18O2/c1-10-6-7-12(16-10)9-11-5-4-8-14(2,3)13(11)15/h6-7,9H,4-5,8H2,1-3H3/b11-9+. The molecule has 1 aliphatic carbocycles. The summed E-state index contributed by atoms with van der Waals surface area (Å²) in [4.78, 5) is 12.1. The maximum atomic E-state index is 12.1. The molecule has 86 valence electrons. The van der Waals surface area contributed by atoms with Gasteiger partial charge in [-0.2, -0.15) is 0 Å². The molecular weight excluding hydrogens is 200 g/mol. The summed E-state index contributed by atoms with van der Waals surface area (Å²) in [7, 11) is 0. The number of allylic oxidation sites excluding steroid dienone is 1. The monoisotopic (exact) mass is 218 g/mol. The van der Waals surface area contributed by atoms with Crippen LogP contribution in [-0.4, -0.2) is 5.78 Å². The molecule has 1 aliphatic rings. The quantitative estimate of drug-likeness (QED) is 0.672. The molecule has 0 bridgehead atoms. The number of hydrogen-bond acceptors (Lipinski definition) is 2. The zero-order chi connectivity index (χ0) is 11.8. The van der Waals surface area contributed by atoms with Gasteiger partial charge in [0.15, 0.2) is 5.78 Å². The third-order valence-electron chi connectivity index (χ3n) is 3.23. The molecule has 0 N–H and O–H groups in total. The summed E-state index contributed by atoms with van der Waals surface area (Å²) in [5.74, 6) is 1.95. The van der Waals surface area contributed by atoms with Crippen LogP contribution in [0, 0.1) is 12.3 Å². The molecule has 16 heavy (non-hydrogen) atoms. The lowest BCUT2D eigenvalue weighted by atomic mass is 9.74. The summed E-state index contributed by atoms with van der Waals surface area (Å²) < 4.78 is 5.47. The van der Waals surface area contributed by atoms with E-state index in [1.54, 1.807) is 0 Å².